The fourth-order valence-corrected chi connectivity index (χ4v) is 3.02. The van der Waals surface area contributed by atoms with Crippen LogP contribution in [0.3, 0.4) is 0 Å². The van der Waals surface area contributed by atoms with Crippen molar-refractivity contribution in [1.82, 2.24) is 0 Å². The summed E-state index contributed by atoms with van der Waals surface area (Å²) in [6.45, 7) is 7.62. The lowest BCUT2D eigenvalue weighted by Crippen LogP contribution is -2.34. The van der Waals surface area contributed by atoms with Crippen molar-refractivity contribution in [2.24, 2.45) is 5.73 Å². The molecule has 1 aromatic carbocycles. The van der Waals surface area contributed by atoms with Crippen molar-refractivity contribution in [3.63, 3.8) is 0 Å². The number of ketones is 1. The Balaban J connectivity index is 2.37. The fraction of sp³-hybridized carbons (Fsp3) is 0.357. The molecule has 20 heavy (non-hydrogen) atoms. The third-order valence-corrected chi connectivity index (χ3v) is 4.01. The lowest BCUT2D eigenvalue weighted by molar-refractivity contribution is -0.131. The molecule has 0 saturated carbocycles. The molecule has 1 heterocycles. The summed E-state index contributed by atoms with van der Waals surface area (Å²) in [5.74, 6) is -0.0914. The number of hydrogen-bond acceptors (Lipinski definition) is 4. The van der Waals surface area contributed by atoms with Crippen LogP contribution in [0.1, 0.15) is 12.5 Å². The molecule has 1 unspecified atom stereocenters. The first-order valence-corrected chi connectivity index (χ1v) is 10.1. The molecule has 0 bridgehead atoms. The molecule has 2 N–H and O–H groups in total. The van der Waals surface area contributed by atoms with Crippen molar-refractivity contribution in [1.29, 1.82) is 0 Å². The van der Waals surface area contributed by atoms with E-state index < -0.39 is 13.9 Å². The zero-order chi connectivity index (χ0) is 15.1. The Bertz CT molecular complexity index is 594. The minimum absolute atomic E-state index is 0.0416. The normalized spacial score (nSPS) is 22.9. The molecular weight excluding hydrogens is 294 g/mol. The van der Waals surface area contributed by atoms with Gasteiger partial charge in [0.05, 0.1) is 0 Å². The number of Topliss-reactive ketones (excluding diaryl/α,β-unsaturated/α-hetero) is 1. The van der Waals surface area contributed by atoms with Crippen LogP contribution in [0.25, 0.3) is 0 Å². The molecule has 4 nitrogen and oxygen atoms in total. The smallest absolute Gasteiger partial charge is 0.249 e. The van der Waals surface area contributed by atoms with E-state index in [4.69, 9.17) is 26.5 Å². The summed E-state index contributed by atoms with van der Waals surface area (Å²) < 4.78 is 11.4. The number of carbonyl (C=O) groups is 1. The molecule has 0 fully saturated rings. The molecule has 0 aromatic heterocycles. The van der Waals surface area contributed by atoms with E-state index in [2.05, 4.69) is 0 Å². The van der Waals surface area contributed by atoms with Gasteiger partial charge in [0.2, 0.25) is 25.7 Å². The molecule has 0 aliphatic carbocycles. The van der Waals surface area contributed by atoms with Crippen molar-refractivity contribution in [2.75, 3.05) is 0 Å². The van der Waals surface area contributed by atoms with Crippen molar-refractivity contribution in [2.45, 2.75) is 32.2 Å². The van der Waals surface area contributed by atoms with E-state index in [1.807, 2.05) is 19.6 Å². The van der Waals surface area contributed by atoms with E-state index in [0.717, 1.165) is 0 Å². The highest BCUT2D eigenvalue weighted by molar-refractivity contribution is 6.70. The zero-order valence-electron chi connectivity index (χ0n) is 12.0. The highest BCUT2D eigenvalue weighted by Gasteiger charge is 2.49. The molecule has 1 aliphatic heterocycles. The van der Waals surface area contributed by atoms with Gasteiger partial charge in [-0.15, -0.1) is 0 Å². The van der Waals surface area contributed by atoms with Crippen LogP contribution >= 0.6 is 11.6 Å². The van der Waals surface area contributed by atoms with Crippen LogP contribution in [-0.4, -0.2) is 14.1 Å². The highest BCUT2D eigenvalue weighted by Crippen LogP contribution is 2.39. The Labute approximate surface area is 124 Å². The summed E-state index contributed by atoms with van der Waals surface area (Å²) >= 11 is 5.98. The summed E-state index contributed by atoms with van der Waals surface area (Å²) in [6, 6.07) is 7.00. The molecule has 0 amide bonds. The van der Waals surface area contributed by atoms with Gasteiger partial charge in [-0.05, 0) is 38.7 Å². The Kier molecular flexibility index (Phi) is 3.60. The van der Waals surface area contributed by atoms with Crippen LogP contribution in [0.15, 0.2) is 35.9 Å². The van der Waals surface area contributed by atoms with Gasteiger partial charge in [-0.3, -0.25) is 4.79 Å². The van der Waals surface area contributed by atoms with Gasteiger partial charge in [0.25, 0.3) is 0 Å². The second-order valence-corrected chi connectivity index (χ2v) is 10.7. The van der Waals surface area contributed by atoms with Crippen molar-refractivity contribution < 1.29 is 14.0 Å². The Morgan fingerprint density at radius 2 is 2.00 bits per heavy atom. The number of benzene rings is 1. The lowest BCUT2D eigenvalue weighted by Gasteiger charge is -2.24. The Morgan fingerprint density at radius 3 is 2.55 bits per heavy atom. The zero-order valence-corrected chi connectivity index (χ0v) is 13.7. The fourth-order valence-electron chi connectivity index (χ4n) is 2.02. The van der Waals surface area contributed by atoms with E-state index in [1.54, 1.807) is 31.2 Å². The molecule has 6 heteroatoms. The average molecular weight is 312 g/mol. The van der Waals surface area contributed by atoms with Gasteiger partial charge in [0.15, 0.2) is 5.60 Å². The summed E-state index contributed by atoms with van der Waals surface area (Å²) in [6.07, 6.45) is 0. The maximum absolute atomic E-state index is 12.6. The molecule has 108 valence electrons. The Morgan fingerprint density at radius 1 is 1.35 bits per heavy atom. The summed E-state index contributed by atoms with van der Waals surface area (Å²) in [7, 11) is -1.95. The van der Waals surface area contributed by atoms with Gasteiger partial charge in [-0.2, -0.15) is 0 Å². The van der Waals surface area contributed by atoms with Crippen LogP contribution < -0.4 is 5.73 Å². The standard InChI is InChI=1S/C14H18ClNO3Si/c1-14(9-6-5-7-10(15)8-9)12(17)11(13(16)18-14)19-20(2,3)4/h5-8H,16H2,1-4H3. The molecule has 1 aliphatic rings. The minimum Gasteiger partial charge on any atom is -0.538 e. The van der Waals surface area contributed by atoms with Crippen molar-refractivity contribution in [3.05, 3.63) is 46.5 Å². The third-order valence-electron chi connectivity index (χ3n) is 2.96. The number of halogens is 1. The van der Waals surface area contributed by atoms with Crippen LogP contribution in [0.4, 0.5) is 0 Å². The maximum Gasteiger partial charge on any atom is 0.249 e. The van der Waals surface area contributed by atoms with Gasteiger partial charge in [0.1, 0.15) is 0 Å². The monoisotopic (exact) mass is 311 g/mol. The molecule has 0 radical (unpaired) electrons. The maximum atomic E-state index is 12.6. The van der Waals surface area contributed by atoms with Crippen LogP contribution in [0.5, 0.6) is 0 Å². The average Bonchev–Trinajstić information content (AvgIpc) is 2.53. The van der Waals surface area contributed by atoms with E-state index >= 15 is 0 Å². The van der Waals surface area contributed by atoms with Gasteiger partial charge < -0.3 is 14.9 Å². The summed E-state index contributed by atoms with van der Waals surface area (Å²) in [4.78, 5) is 12.6. The molecule has 0 spiro atoms. The number of carbonyl (C=O) groups excluding carboxylic acids is 1. The molecule has 2 rings (SSSR count). The van der Waals surface area contributed by atoms with E-state index in [9.17, 15) is 4.79 Å². The number of ether oxygens (including phenoxy) is 1. The number of nitrogens with two attached hydrogens (primary N) is 1. The van der Waals surface area contributed by atoms with Crippen LogP contribution in [0, 0.1) is 0 Å². The first-order valence-electron chi connectivity index (χ1n) is 6.32. The predicted octanol–water partition coefficient (Wildman–Crippen LogP) is 3.13. The highest BCUT2D eigenvalue weighted by atomic mass is 35.5. The summed E-state index contributed by atoms with van der Waals surface area (Å²) in [5, 5.41) is 0.540. The predicted molar refractivity (Wildman–Crippen MR) is 80.5 cm³/mol. The largest absolute Gasteiger partial charge is 0.538 e. The molecular formula is C14H18ClNO3Si. The van der Waals surface area contributed by atoms with E-state index in [-0.39, 0.29) is 17.4 Å². The first kappa shape index (κ1) is 14.9. The molecule has 0 saturated heterocycles. The van der Waals surface area contributed by atoms with Crippen molar-refractivity contribution >= 4 is 25.7 Å². The number of hydrogen-bond donors (Lipinski definition) is 1. The summed E-state index contributed by atoms with van der Waals surface area (Å²) in [5.41, 5.74) is 5.31. The lowest BCUT2D eigenvalue weighted by atomic mass is 9.92. The Hall–Kier alpha value is -1.46. The SMILES string of the molecule is CC1(c2cccc(Cl)c2)OC(N)=C(O[Si](C)(C)C)C1=O. The third kappa shape index (κ3) is 2.69. The van der Waals surface area contributed by atoms with Gasteiger partial charge in [0, 0.05) is 10.6 Å². The number of rotatable bonds is 3. The quantitative estimate of drug-likeness (QED) is 0.871. The minimum atomic E-state index is -1.95. The van der Waals surface area contributed by atoms with E-state index in [0.29, 0.717) is 10.6 Å². The van der Waals surface area contributed by atoms with E-state index in [1.165, 1.54) is 0 Å². The molecule has 1 atom stereocenters. The topological polar surface area (TPSA) is 61.6 Å². The van der Waals surface area contributed by atoms with Crippen molar-refractivity contribution in [3.8, 4) is 0 Å². The first-order chi connectivity index (χ1) is 9.13. The van der Waals surface area contributed by atoms with Gasteiger partial charge >= 0.3 is 0 Å². The second-order valence-electron chi connectivity index (χ2n) is 5.88. The second kappa shape index (κ2) is 4.82. The van der Waals surface area contributed by atoms with Gasteiger partial charge in [-0.25, -0.2) is 0 Å². The molecule has 1 aromatic rings. The van der Waals surface area contributed by atoms with Gasteiger partial charge in [-0.1, -0.05) is 23.7 Å². The van der Waals surface area contributed by atoms with Crippen LogP contribution in [-0.2, 0) is 19.6 Å². The van der Waals surface area contributed by atoms with Crippen LogP contribution in [0.2, 0.25) is 24.7 Å².